The van der Waals surface area contributed by atoms with E-state index in [0.717, 1.165) is 0 Å². The topological polar surface area (TPSA) is 43.6 Å². The summed E-state index contributed by atoms with van der Waals surface area (Å²) in [5.41, 5.74) is 0.707. The van der Waals surface area contributed by atoms with Gasteiger partial charge in [-0.05, 0) is 13.0 Å². The van der Waals surface area contributed by atoms with Crippen molar-refractivity contribution in [2.75, 3.05) is 0 Å². The molecule has 80 valence electrons. The highest BCUT2D eigenvalue weighted by molar-refractivity contribution is 7.08. The van der Waals surface area contributed by atoms with Gasteiger partial charge in [-0.2, -0.15) is 27.6 Å². The van der Waals surface area contributed by atoms with Crippen molar-refractivity contribution in [1.29, 1.82) is 0 Å². The monoisotopic (exact) mass is 234 g/mol. The second kappa shape index (κ2) is 3.30. The Kier molecular flexibility index (Phi) is 2.22. The summed E-state index contributed by atoms with van der Waals surface area (Å²) >= 11 is 0.662. The van der Waals surface area contributed by atoms with Gasteiger partial charge in [0, 0.05) is 17.7 Å². The Bertz CT molecular complexity index is 473. The highest BCUT2D eigenvalue weighted by atomic mass is 32.1. The van der Waals surface area contributed by atoms with Crippen LogP contribution in [-0.4, -0.2) is 19.1 Å². The van der Waals surface area contributed by atoms with Gasteiger partial charge in [0.05, 0.1) is 5.69 Å². The highest BCUT2D eigenvalue weighted by Crippen LogP contribution is 2.28. The summed E-state index contributed by atoms with van der Waals surface area (Å²) in [5.74, 6) is -1.13. The quantitative estimate of drug-likeness (QED) is 0.758. The molecule has 0 aromatic carbocycles. The fourth-order valence-electron chi connectivity index (χ4n) is 0.945. The maximum absolute atomic E-state index is 12.2. The van der Waals surface area contributed by atoms with Crippen molar-refractivity contribution in [3.05, 3.63) is 23.8 Å². The molecule has 0 aliphatic rings. The molecule has 2 rings (SSSR count). The lowest BCUT2D eigenvalue weighted by Gasteiger charge is -1.97. The molecule has 0 bridgehead atoms. The van der Waals surface area contributed by atoms with Gasteiger partial charge in [-0.3, -0.25) is 0 Å². The van der Waals surface area contributed by atoms with Gasteiger partial charge < -0.3 is 0 Å². The standard InChI is InChI=1S/C7H5F3N4S/c1-4-2-3-14(12-4)6-11-5(13-15-6)7(8,9)10/h2-3H,1H3. The Morgan fingerprint density at radius 1 is 1.40 bits per heavy atom. The molecule has 2 heterocycles. The van der Waals surface area contributed by atoms with E-state index in [1.165, 1.54) is 10.9 Å². The molecule has 0 amide bonds. The lowest BCUT2D eigenvalue weighted by molar-refractivity contribution is -0.144. The predicted octanol–water partition coefficient (Wildman–Crippen LogP) is 2.05. The predicted molar refractivity (Wildman–Crippen MR) is 46.8 cm³/mol. The molecule has 0 aliphatic heterocycles. The molecule has 0 radical (unpaired) electrons. The molecule has 2 aromatic rings. The van der Waals surface area contributed by atoms with Crippen molar-refractivity contribution in [3.63, 3.8) is 0 Å². The zero-order valence-corrected chi connectivity index (χ0v) is 8.30. The number of aromatic nitrogens is 4. The summed E-state index contributed by atoms with van der Waals surface area (Å²) in [5, 5.41) is 4.04. The first-order valence-corrected chi connectivity index (χ1v) is 4.68. The van der Waals surface area contributed by atoms with Crippen molar-refractivity contribution >= 4 is 11.5 Å². The maximum atomic E-state index is 12.2. The van der Waals surface area contributed by atoms with Crippen molar-refractivity contribution in [3.8, 4) is 5.13 Å². The van der Waals surface area contributed by atoms with E-state index < -0.39 is 12.0 Å². The summed E-state index contributed by atoms with van der Waals surface area (Å²) in [7, 11) is 0. The maximum Gasteiger partial charge on any atom is 0.452 e. The van der Waals surface area contributed by atoms with Crippen LogP contribution >= 0.6 is 11.5 Å². The Balaban J connectivity index is 2.36. The van der Waals surface area contributed by atoms with Crippen LogP contribution in [0.25, 0.3) is 5.13 Å². The molecule has 0 unspecified atom stereocenters. The Hall–Kier alpha value is -1.44. The molecule has 0 aliphatic carbocycles. The van der Waals surface area contributed by atoms with Gasteiger partial charge in [0.2, 0.25) is 11.0 Å². The fourth-order valence-corrected chi connectivity index (χ4v) is 1.57. The summed E-state index contributed by atoms with van der Waals surface area (Å²) in [4.78, 5) is 3.35. The van der Waals surface area contributed by atoms with Gasteiger partial charge in [0.25, 0.3) is 0 Å². The summed E-state index contributed by atoms with van der Waals surface area (Å²) in [6.07, 6.45) is -2.97. The first-order valence-electron chi connectivity index (χ1n) is 3.90. The number of aryl methyl sites for hydroxylation is 1. The van der Waals surface area contributed by atoms with Crippen LogP contribution in [0.3, 0.4) is 0 Å². The summed E-state index contributed by atoms with van der Waals surface area (Å²) < 4.78 is 41.0. The van der Waals surface area contributed by atoms with Crippen LogP contribution in [0.1, 0.15) is 11.5 Å². The van der Waals surface area contributed by atoms with Crippen molar-refractivity contribution in [2.24, 2.45) is 0 Å². The third-order valence-electron chi connectivity index (χ3n) is 1.59. The van der Waals surface area contributed by atoms with Gasteiger partial charge in [-0.15, -0.1) is 0 Å². The van der Waals surface area contributed by atoms with E-state index in [0.29, 0.717) is 17.2 Å². The molecule has 2 aromatic heterocycles. The van der Waals surface area contributed by atoms with Crippen LogP contribution in [-0.2, 0) is 6.18 Å². The Morgan fingerprint density at radius 2 is 2.13 bits per heavy atom. The SMILES string of the molecule is Cc1ccn(-c2nc(C(F)(F)F)ns2)n1. The molecule has 4 nitrogen and oxygen atoms in total. The second-order valence-electron chi connectivity index (χ2n) is 2.80. The molecule has 0 atom stereocenters. The van der Waals surface area contributed by atoms with E-state index in [1.807, 2.05) is 0 Å². The minimum atomic E-state index is -4.50. The van der Waals surface area contributed by atoms with E-state index in [9.17, 15) is 13.2 Å². The van der Waals surface area contributed by atoms with Crippen LogP contribution in [0.4, 0.5) is 13.2 Å². The van der Waals surface area contributed by atoms with Crippen molar-refractivity contribution < 1.29 is 13.2 Å². The molecule has 8 heteroatoms. The Morgan fingerprint density at radius 3 is 2.60 bits per heavy atom. The second-order valence-corrected chi connectivity index (χ2v) is 3.53. The van der Waals surface area contributed by atoms with E-state index in [-0.39, 0.29) is 5.13 Å². The minimum Gasteiger partial charge on any atom is -0.212 e. The number of alkyl halides is 3. The largest absolute Gasteiger partial charge is 0.452 e. The lowest BCUT2D eigenvalue weighted by Crippen LogP contribution is -2.07. The van der Waals surface area contributed by atoms with E-state index in [4.69, 9.17) is 0 Å². The van der Waals surface area contributed by atoms with Crippen LogP contribution in [0.15, 0.2) is 12.3 Å². The fraction of sp³-hybridized carbons (Fsp3) is 0.286. The molecule has 0 saturated carbocycles. The van der Waals surface area contributed by atoms with Crippen LogP contribution in [0.5, 0.6) is 0 Å². The average Bonchev–Trinajstić information content (AvgIpc) is 2.69. The van der Waals surface area contributed by atoms with Crippen molar-refractivity contribution in [2.45, 2.75) is 13.1 Å². The first-order chi connectivity index (χ1) is 6.97. The van der Waals surface area contributed by atoms with Gasteiger partial charge >= 0.3 is 6.18 Å². The molecular weight excluding hydrogens is 229 g/mol. The Labute approximate surface area is 86.5 Å². The minimum absolute atomic E-state index is 0.107. The van der Waals surface area contributed by atoms with Gasteiger partial charge in [0.15, 0.2) is 0 Å². The van der Waals surface area contributed by atoms with Crippen molar-refractivity contribution in [1.82, 2.24) is 19.1 Å². The third kappa shape index (κ3) is 1.99. The molecular formula is C7H5F3N4S. The van der Waals surface area contributed by atoms with Crippen LogP contribution in [0.2, 0.25) is 0 Å². The molecule has 0 saturated heterocycles. The van der Waals surface area contributed by atoms with E-state index >= 15 is 0 Å². The van der Waals surface area contributed by atoms with E-state index in [2.05, 4.69) is 14.5 Å². The van der Waals surface area contributed by atoms with Gasteiger partial charge in [0.1, 0.15) is 0 Å². The first kappa shape index (κ1) is 10.1. The smallest absolute Gasteiger partial charge is 0.212 e. The zero-order valence-electron chi connectivity index (χ0n) is 7.49. The number of nitrogens with zero attached hydrogens (tertiary/aromatic N) is 4. The third-order valence-corrected chi connectivity index (χ3v) is 2.29. The highest BCUT2D eigenvalue weighted by Gasteiger charge is 2.36. The summed E-state index contributed by atoms with van der Waals surface area (Å²) in [6.45, 7) is 1.74. The lowest BCUT2D eigenvalue weighted by atomic mass is 10.5. The molecule has 0 N–H and O–H groups in total. The van der Waals surface area contributed by atoms with Gasteiger partial charge in [-0.1, -0.05) is 0 Å². The summed E-state index contributed by atoms with van der Waals surface area (Å²) in [6, 6.07) is 1.68. The van der Waals surface area contributed by atoms with Crippen LogP contribution < -0.4 is 0 Å². The number of hydrogen-bond donors (Lipinski definition) is 0. The number of hydrogen-bond acceptors (Lipinski definition) is 4. The van der Waals surface area contributed by atoms with Gasteiger partial charge in [-0.25, -0.2) is 4.68 Å². The zero-order chi connectivity index (χ0) is 11.1. The normalized spacial score (nSPS) is 12.0. The van der Waals surface area contributed by atoms with Crippen LogP contribution in [0, 0.1) is 6.92 Å². The molecule has 15 heavy (non-hydrogen) atoms. The number of halogens is 3. The average molecular weight is 234 g/mol. The number of rotatable bonds is 1. The molecule has 0 spiro atoms. The molecule has 0 fully saturated rings. The van der Waals surface area contributed by atoms with E-state index in [1.54, 1.807) is 13.0 Å².